The molecular weight excluding hydrogens is 478 g/mol. The lowest BCUT2D eigenvalue weighted by atomic mass is 9.75. The van der Waals surface area contributed by atoms with Gasteiger partial charge in [-0.3, -0.25) is 14.6 Å². The Balaban J connectivity index is 0.958. The smallest absolute Gasteiger partial charge is 0.318 e. The number of nitrogens with zero attached hydrogens (tertiary/aromatic N) is 4. The third kappa shape index (κ3) is 4.94. The molecule has 2 aliphatic heterocycles. The topological polar surface area (TPSA) is 85.8 Å². The quantitative estimate of drug-likeness (QED) is 0.616. The Morgan fingerprint density at radius 1 is 0.921 bits per heavy atom. The Hall–Kier alpha value is -3.26. The molecule has 8 heteroatoms. The van der Waals surface area contributed by atoms with Crippen LogP contribution in [0.3, 0.4) is 0 Å². The SMILES string of the molecule is CN1CCN(C(=O)c2ccc(C(=O)C3CCC4(CC3)CC4CNC(=O)N3Cc4ccncc4C3)cc2)CC1. The maximum Gasteiger partial charge on any atom is 0.318 e. The summed E-state index contributed by atoms with van der Waals surface area (Å²) >= 11 is 0. The zero-order valence-electron chi connectivity index (χ0n) is 22.2. The summed E-state index contributed by atoms with van der Waals surface area (Å²) in [7, 11) is 2.07. The van der Waals surface area contributed by atoms with Gasteiger partial charge in [-0.2, -0.15) is 0 Å². The molecule has 1 aromatic carbocycles. The number of carbonyl (C=O) groups is 3. The first-order valence-electron chi connectivity index (χ1n) is 14.0. The van der Waals surface area contributed by atoms with Crippen molar-refractivity contribution >= 4 is 17.7 Å². The number of aromatic nitrogens is 1. The summed E-state index contributed by atoms with van der Waals surface area (Å²) in [6.07, 6.45) is 8.66. The molecule has 0 radical (unpaired) electrons. The summed E-state index contributed by atoms with van der Waals surface area (Å²) in [6, 6.07) is 9.28. The Morgan fingerprint density at radius 2 is 1.61 bits per heavy atom. The number of likely N-dealkylation sites (N-methyl/N-ethyl adjacent to an activating group) is 1. The monoisotopic (exact) mass is 515 g/mol. The van der Waals surface area contributed by atoms with Crippen molar-refractivity contribution in [3.63, 3.8) is 0 Å². The molecule has 0 bridgehead atoms. The van der Waals surface area contributed by atoms with Crippen LogP contribution in [0, 0.1) is 17.3 Å². The van der Waals surface area contributed by atoms with Crippen LogP contribution < -0.4 is 5.32 Å². The van der Waals surface area contributed by atoms with E-state index in [4.69, 9.17) is 0 Å². The number of Topliss-reactive ketones (excluding diaryl/α,β-unsaturated/α-hetero) is 1. The van der Waals surface area contributed by atoms with Gasteiger partial charge in [-0.15, -0.1) is 0 Å². The number of piperazine rings is 1. The lowest BCUT2D eigenvalue weighted by Gasteiger charge is -2.32. The number of fused-ring (bicyclic) bond motifs is 1. The molecule has 38 heavy (non-hydrogen) atoms. The van der Waals surface area contributed by atoms with Crippen LogP contribution in [-0.4, -0.2) is 77.2 Å². The average molecular weight is 516 g/mol. The number of carbonyl (C=O) groups excluding carboxylic acids is 3. The van der Waals surface area contributed by atoms with Crippen LogP contribution >= 0.6 is 0 Å². The number of hydrogen-bond donors (Lipinski definition) is 1. The molecule has 1 N–H and O–H groups in total. The van der Waals surface area contributed by atoms with Gasteiger partial charge in [0.15, 0.2) is 5.78 Å². The molecule has 1 aromatic heterocycles. The molecule has 4 aliphatic rings. The second-order valence-corrected chi connectivity index (χ2v) is 11.8. The number of amides is 3. The van der Waals surface area contributed by atoms with E-state index in [0.29, 0.717) is 42.1 Å². The maximum atomic E-state index is 13.2. The fraction of sp³-hybridized carbons (Fsp3) is 0.533. The summed E-state index contributed by atoms with van der Waals surface area (Å²) in [5.74, 6) is 0.809. The van der Waals surface area contributed by atoms with Gasteiger partial charge in [-0.05, 0) is 79.8 Å². The molecule has 3 fully saturated rings. The summed E-state index contributed by atoms with van der Waals surface area (Å²) in [5.41, 5.74) is 3.97. The summed E-state index contributed by atoms with van der Waals surface area (Å²) in [4.78, 5) is 48.9. The van der Waals surface area contributed by atoms with Crippen molar-refractivity contribution < 1.29 is 14.4 Å². The van der Waals surface area contributed by atoms with E-state index in [1.807, 2.05) is 46.3 Å². The van der Waals surface area contributed by atoms with Gasteiger partial charge in [0.25, 0.3) is 5.91 Å². The van der Waals surface area contributed by atoms with Gasteiger partial charge in [0.2, 0.25) is 0 Å². The minimum Gasteiger partial charge on any atom is -0.338 e. The van der Waals surface area contributed by atoms with Crippen LogP contribution in [0.2, 0.25) is 0 Å². The Morgan fingerprint density at radius 3 is 2.32 bits per heavy atom. The van der Waals surface area contributed by atoms with Gasteiger partial charge in [0.05, 0.1) is 0 Å². The molecule has 2 aromatic rings. The van der Waals surface area contributed by atoms with Crippen molar-refractivity contribution in [2.24, 2.45) is 17.3 Å². The highest BCUT2D eigenvalue weighted by atomic mass is 16.2. The normalized spacial score (nSPS) is 26.8. The Kier molecular flexibility index (Phi) is 6.68. The number of benzene rings is 1. The van der Waals surface area contributed by atoms with Crippen LogP contribution in [0.25, 0.3) is 0 Å². The summed E-state index contributed by atoms with van der Waals surface area (Å²) in [5, 5.41) is 3.16. The third-order valence-corrected chi connectivity index (χ3v) is 9.43. The average Bonchev–Trinajstić information content (AvgIpc) is 3.42. The second-order valence-electron chi connectivity index (χ2n) is 11.8. The van der Waals surface area contributed by atoms with Crippen LogP contribution in [0.4, 0.5) is 4.79 Å². The molecule has 200 valence electrons. The first kappa shape index (κ1) is 25.0. The van der Waals surface area contributed by atoms with Crippen molar-refractivity contribution in [3.05, 3.63) is 65.0 Å². The Bertz CT molecular complexity index is 1190. The van der Waals surface area contributed by atoms with Gasteiger partial charge in [-0.1, -0.05) is 12.1 Å². The highest BCUT2D eigenvalue weighted by Gasteiger charge is 2.55. The van der Waals surface area contributed by atoms with Crippen LogP contribution in [0.15, 0.2) is 42.7 Å². The highest BCUT2D eigenvalue weighted by Crippen LogP contribution is 2.62. The number of ketones is 1. The van der Waals surface area contributed by atoms with E-state index in [-0.39, 0.29) is 23.6 Å². The van der Waals surface area contributed by atoms with Crippen molar-refractivity contribution in [1.82, 2.24) is 25.0 Å². The fourth-order valence-corrected chi connectivity index (χ4v) is 6.68. The van der Waals surface area contributed by atoms with Gasteiger partial charge in [-0.25, -0.2) is 4.79 Å². The van der Waals surface area contributed by atoms with E-state index < -0.39 is 0 Å². The molecule has 1 spiro atoms. The van der Waals surface area contributed by atoms with Gasteiger partial charge in [0, 0.05) is 75.3 Å². The van der Waals surface area contributed by atoms with Gasteiger partial charge in [0.1, 0.15) is 0 Å². The number of urea groups is 1. The van der Waals surface area contributed by atoms with Gasteiger partial charge >= 0.3 is 6.03 Å². The molecule has 3 amide bonds. The number of pyridine rings is 1. The lowest BCUT2D eigenvalue weighted by Crippen LogP contribution is -2.47. The third-order valence-electron chi connectivity index (χ3n) is 9.43. The number of hydrogen-bond acceptors (Lipinski definition) is 5. The zero-order chi connectivity index (χ0) is 26.3. The van der Waals surface area contributed by atoms with E-state index in [0.717, 1.165) is 63.8 Å². The van der Waals surface area contributed by atoms with E-state index in [1.165, 1.54) is 5.56 Å². The molecular formula is C30H37N5O3. The molecule has 2 aliphatic carbocycles. The fourth-order valence-electron chi connectivity index (χ4n) is 6.68. The van der Waals surface area contributed by atoms with Crippen LogP contribution in [0.5, 0.6) is 0 Å². The van der Waals surface area contributed by atoms with E-state index in [2.05, 4.69) is 22.2 Å². The van der Waals surface area contributed by atoms with Crippen molar-refractivity contribution in [2.75, 3.05) is 39.8 Å². The van der Waals surface area contributed by atoms with Crippen molar-refractivity contribution in [2.45, 2.75) is 45.2 Å². The van der Waals surface area contributed by atoms with Crippen LogP contribution in [-0.2, 0) is 13.1 Å². The Labute approximate surface area is 224 Å². The zero-order valence-corrected chi connectivity index (χ0v) is 22.2. The minimum atomic E-state index is 0.00154. The molecule has 8 nitrogen and oxygen atoms in total. The first-order chi connectivity index (χ1) is 18.4. The van der Waals surface area contributed by atoms with Crippen molar-refractivity contribution in [3.8, 4) is 0 Å². The van der Waals surface area contributed by atoms with Crippen molar-refractivity contribution in [1.29, 1.82) is 0 Å². The number of nitrogens with one attached hydrogen (secondary N) is 1. The highest BCUT2D eigenvalue weighted by molar-refractivity contribution is 6.00. The molecule has 1 unspecified atom stereocenters. The number of rotatable bonds is 5. The van der Waals surface area contributed by atoms with E-state index in [1.54, 1.807) is 6.20 Å². The predicted molar refractivity (Wildman–Crippen MR) is 144 cm³/mol. The predicted octanol–water partition coefficient (Wildman–Crippen LogP) is 3.57. The molecule has 2 saturated carbocycles. The molecule has 1 atom stereocenters. The maximum absolute atomic E-state index is 13.2. The summed E-state index contributed by atoms with van der Waals surface area (Å²) in [6.45, 7) is 5.26. The summed E-state index contributed by atoms with van der Waals surface area (Å²) < 4.78 is 0. The van der Waals surface area contributed by atoms with E-state index in [9.17, 15) is 14.4 Å². The van der Waals surface area contributed by atoms with E-state index >= 15 is 0 Å². The first-order valence-corrected chi connectivity index (χ1v) is 14.0. The minimum absolute atomic E-state index is 0.00154. The largest absolute Gasteiger partial charge is 0.338 e. The molecule has 3 heterocycles. The van der Waals surface area contributed by atoms with Crippen LogP contribution in [0.1, 0.15) is 63.9 Å². The lowest BCUT2D eigenvalue weighted by molar-refractivity contribution is 0.0663. The van der Waals surface area contributed by atoms with Gasteiger partial charge < -0.3 is 20.0 Å². The standard InChI is InChI=1S/C30H37N5O3/c1-33-12-14-34(15-13-33)28(37)23-4-2-21(3-5-23)27(36)22-6-9-30(10-7-22)16-26(30)18-32-29(38)35-19-24-8-11-31-17-25(24)20-35/h2-5,8,11,17,22,26H,6-7,9-10,12-16,18-20H2,1H3,(H,32,38). The molecule has 1 saturated heterocycles. The second kappa shape index (κ2) is 10.1. The molecule has 6 rings (SSSR count).